The Hall–Kier alpha value is -3.15. The van der Waals surface area contributed by atoms with Crippen LogP contribution in [0.4, 0.5) is 5.69 Å². The minimum atomic E-state index is -0.771. The van der Waals surface area contributed by atoms with E-state index < -0.39 is 11.8 Å². The molecular weight excluding hydrogens is 402 g/mol. The standard InChI is InChI=1S/C26H35N3O3/c1-3-4-5-6-7-8-11-17-27-25(31)26(32)29-23-16-10-9-15-22(23)24(30)28-19-21-14-12-13-20(2)18-21/h9-10,12-16,18H,3-8,11,17,19H2,1-2H3,(H,27,31)(H,28,30)(H,29,32). The SMILES string of the molecule is CCCCCCCCCNC(=O)C(=O)Nc1ccccc1C(=O)NCc1cccc(C)c1. The molecule has 32 heavy (non-hydrogen) atoms. The van der Waals surface area contributed by atoms with Gasteiger partial charge in [-0.2, -0.15) is 0 Å². The first-order valence-electron chi connectivity index (χ1n) is 11.5. The Labute approximate surface area is 191 Å². The number of aryl methyl sites for hydroxylation is 1. The number of benzene rings is 2. The van der Waals surface area contributed by atoms with E-state index in [0.29, 0.717) is 24.3 Å². The van der Waals surface area contributed by atoms with Crippen molar-refractivity contribution in [3.63, 3.8) is 0 Å². The molecule has 0 unspecified atom stereocenters. The molecule has 6 nitrogen and oxygen atoms in total. The molecule has 0 aromatic heterocycles. The van der Waals surface area contributed by atoms with Crippen LogP contribution in [0.3, 0.4) is 0 Å². The number of amides is 3. The number of nitrogens with one attached hydrogen (secondary N) is 3. The predicted octanol–water partition coefficient (Wildman–Crippen LogP) is 4.73. The van der Waals surface area contributed by atoms with E-state index in [1.165, 1.54) is 25.7 Å². The molecular formula is C26H35N3O3. The number of hydrogen-bond donors (Lipinski definition) is 3. The minimum Gasteiger partial charge on any atom is -0.348 e. The fraction of sp³-hybridized carbons (Fsp3) is 0.423. The largest absolute Gasteiger partial charge is 0.348 e. The van der Waals surface area contributed by atoms with E-state index in [4.69, 9.17) is 0 Å². The molecule has 0 bridgehead atoms. The zero-order valence-electron chi connectivity index (χ0n) is 19.2. The Bertz CT molecular complexity index is 895. The van der Waals surface area contributed by atoms with Crippen molar-refractivity contribution in [3.8, 4) is 0 Å². The first kappa shape index (κ1) is 25.1. The van der Waals surface area contributed by atoms with Gasteiger partial charge in [0.1, 0.15) is 0 Å². The topological polar surface area (TPSA) is 87.3 Å². The van der Waals surface area contributed by atoms with Gasteiger partial charge in [0.25, 0.3) is 5.91 Å². The van der Waals surface area contributed by atoms with Gasteiger partial charge < -0.3 is 16.0 Å². The summed E-state index contributed by atoms with van der Waals surface area (Å²) < 4.78 is 0. The molecule has 0 fully saturated rings. The number of unbranched alkanes of at least 4 members (excludes halogenated alkanes) is 6. The van der Waals surface area contributed by atoms with Crippen molar-refractivity contribution in [2.75, 3.05) is 11.9 Å². The summed E-state index contributed by atoms with van der Waals surface area (Å²) >= 11 is 0. The third-order valence-electron chi connectivity index (χ3n) is 5.23. The van der Waals surface area contributed by atoms with Crippen LogP contribution >= 0.6 is 0 Å². The zero-order chi connectivity index (χ0) is 23.2. The monoisotopic (exact) mass is 437 g/mol. The molecule has 0 aliphatic heterocycles. The van der Waals surface area contributed by atoms with Crippen LogP contribution in [0, 0.1) is 6.92 Å². The van der Waals surface area contributed by atoms with Crippen LogP contribution in [0.1, 0.15) is 73.4 Å². The molecule has 0 spiro atoms. The van der Waals surface area contributed by atoms with Gasteiger partial charge in [0.2, 0.25) is 0 Å². The zero-order valence-corrected chi connectivity index (χ0v) is 19.2. The Morgan fingerprint density at radius 1 is 0.781 bits per heavy atom. The molecule has 0 atom stereocenters. The highest BCUT2D eigenvalue weighted by Crippen LogP contribution is 2.15. The molecule has 6 heteroatoms. The smallest absolute Gasteiger partial charge is 0.313 e. The average Bonchev–Trinajstić information content (AvgIpc) is 2.79. The van der Waals surface area contributed by atoms with Crippen molar-refractivity contribution in [2.45, 2.75) is 65.3 Å². The second-order valence-electron chi connectivity index (χ2n) is 8.05. The molecule has 0 saturated heterocycles. The van der Waals surface area contributed by atoms with Crippen LogP contribution in [0.2, 0.25) is 0 Å². The van der Waals surface area contributed by atoms with Gasteiger partial charge in [-0.25, -0.2) is 0 Å². The van der Waals surface area contributed by atoms with Gasteiger partial charge in [0.05, 0.1) is 11.3 Å². The summed E-state index contributed by atoms with van der Waals surface area (Å²) in [6.07, 6.45) is 7.99. The van der Waals surface area contributed by atoms with Crippen LogP contribution in [0.25, 0.3) is 0 Å². The predicted molar refractivity (Wildman–Crippen MR) is 128 cm³/mol. The normalized spacial score (nSPS) is 10.4. The summed E-state index contributed by atoms with van der Waals surface area (Å²) in [6.45, 7) is 5.03. The second kappa shape index (κ2) is 14.0. The van der Waals surface area contributed by atoms with Crippen molar-refractivity contribution >= 4 is 23.4 Å². The lowest BCUT2D eigenvalue weighted by Crippen LogP contribution is -2.36. The van der Waals surface area contributed by atoms with E-state index in [-0.39, 0.29) is 5.91 Å². The van der Waals surface area contributed by atoms with Gasteiger partial charge in [-0.15, -0.1) is 0 Å². The van der Waals surface area contributed by atoms with E-state index in [2.05, 4.69) is 22.9 Å². The van der Waals surface area contributed by atoms with Gasteiger partial charge in [0, 0.05) is 13.1 Å². The van der Waals surface area contributed by atoms with Crippen molar-refractivity contribution < 1.29 is 14.4 Å². The second-order valence-corrected chi connectivity index (χ2v) is 8.05. The molecule has 0 saturated carbocycles. The quantitative estimate of drug-likeness (QED) is 0.331. The lowest BCUT2D eigenvalue weighted by Gasteiger charge is -2.12. The summed E-state index contributed by atoms with van der Waals surface area (Å²) in [5.74, 6) is -1.77. The van der Waals surface area contributed by atoms with Gasteiger partial charge in [-0.1, -0.05) is 87.4 Å². The average molecular weight is 438 g/mol. The van der Waals surface area contributed by atoms with Crippen molar-refractivity contribution in [3.05, 3.63) is 65.2 Å². The molecule has 0 radical (unpaired) electrons. The molecule has 0 aliphatic carbocycles. The van der Waals surface area contributed by atoms with Crippen LogP contribution in [-0.2, 0) is 16.1 Å². The highest BCUT2D eigenvalue weighted by Gasteiger charge is 2.17. The van der Waals surface area contributed by atoms with Gasteiger partial charge in [-0.05, 0) is 31.0 Å². The maximum atomic E-state index is 12.7. The lowest BCUT2D eigenvalue weighted by molar-refractivity contribution is -0.136. The highest BCUT2D eigenvalue weighted by molar-refractivity contribution is 6.40. The Morgan fingerprint density at radius 2 is 1.50 bits per heavy atom. The molecule has 3 amide bonds. The van der Waals surface area contributed by atoms with Crippen LogP contribution in [-0.4, -0.2) is 24.3 Å². The molecule has 172 valence electrons. The third kappa shape index (κ3) is 8.92. The summed E-state index contributed by atoms with van der Waals surface area (Å²) in [5, 5.41) is 8.08. The van der Waals surface area contributed by atoms with Crippen LogP contribution in [0.5, 0.6) is 0 Å². The summed E-state index contributed by atoms with van der Waals surface area (Å²) in [5.41, 5.74) is 2.73. The first-order chi connectivity index (χ1) is 15.5. The van der Waals surface area contributed by atoms with Crippen molar-refractivity contribution in [2.24, 2.45) is 0 Å². The van der Waals surface area contributed by atoms with E-state index in [0.717, 1.165) is 30.4 Å². The summed E-state index contributed by atoms with van der Waals surface area (Å²) in [4.78, 5) is 37.1. The molecule has 2 aromatic rings. The highest BCUT2D eigenvalue weighted by atomic mass is 16.2. The number of anilines is 1. The Morgan fingerprint density at radius 3 is 2.25 bits per heavy atom. The molecule has 2 rings (SSSR count). The lowest BCUT2D eigenvalue weighted by atomic mass is 10.1. The van der Waals surface area contributed by atoms with E-state index >= 15 is 0 Å². The fourth-order valence-electron chi connectivity index (χ4n) is 3.43. The summed E-state index contributed by atoms with van der Waals surface area (Å²) in [7, 11) is 0. The van der Waals surface area contributed by atoms with Gasteiger partial charge in [0.15, 0.2) is 0 Å². The van der Waals surface area contributed by atoms with Crippen LogP contribution < -0.4 is 16.0 Å². The van der Waals surface area contributed by atoms with Gasteiger partial charge >= 0.3 is 11.8 Å². The minimum absolute atomic E-state index is 0.310. The van der Waals surface area contributed by atoms with E-state index in [9.17, 15) is 14.4 Å². The van der Waals surface area contributed by atoms with Crippen LogP contribution in [0.15, 0.2) is 48.5 Å². The van der Waals surface area contributed by atoms with E-state index in [1.54, 1.807) is 24.3 Å². The molecule has 2 aromatic carbocycles. The first-order valence-corrected chi connectivity index (χ1v) is 11.5. The number of para-hydroxylation sites is 1. The molecule has 0 aliphatic rings. The maximum absolute atomic E-state index is 12.7. The Balaban J connectivity index is 1.80. The van der Waals surface area contributed by atoms with Gasteiger partial charge in [-0.3, -0.25) is 14.4 Å². The van der Waals surface area contributed by atoms with Crippen molar-refractivity contribution in [1.82, 2.24) is 10.6 Å². The number of hydrogen-bond acceptors (Lipinski definition) is 3. The number of rotatable bonds is 12. The molecule has 0 heterocycles. The van der Waals surface area contributed by atoms with Crippen molar-refractivity contribution in [1.29, 1.82) is 0 Å². The molecule has 3 N–H and O–H groups in total. The number of carbonyl (C=O) groups is 3. The fourth-order valence-corrected chi connectivity index (χ4v) is 3.43. The summed E-state index contributed by atoms with van der Waals surface area (Å²) in [6, 6.07) is 14.5. The van der Waals surface area contributed by atoms with E-state index in [1.807, 2.05) is 31.2 Å². The maximum Gasteiger partial charge on any atom is 0.313 e. The third-order valence-corrected chi connectivity index (χ3v) is 5.23. The Kier molecular flexibility index (Phi) is 11.0. The number of carbonyl (C=O) groups excluding carboxylic acids is 3.